The molecule has 0 amide bonds. The van der Waals surface area contributed by atoms with Gasteiger partial charge in [-0.1, -0.05) is 50.1 Å². The molecule has 1 aromatic rings. The number of unbranched alkanes of at least 4 members (excludes halogenated alkanes) is 1. The van der Waals surface area contributed by atoms with Gasteiger partial charge in [-0.25, -0.2) is 0 Å². The van der Waals surface area contributed by atoms with Crippen LogP contribution in [0.3, 0.4) is 0 Å². The van der Waals surface area contributed by atoms with Crippen LogP contribution < -0.4 is 5.32 Å². The lowest BCUT2D eigenvalue weighted by Gasteiger charge is -2.17. The fourth-order valence-corrected chi connectivity index (χ4v) is 1.59. The van der Waals surface area contributed by atoms with Gasteiger partial charge in [-0.05, 0) is 12.0 Å². The molecular formula is C12H19NO. The van der Waals surface area contributed by atoms with E-state index in [1.165, 1.54) is 18.4 Å². The third-order valence-electron chi connectivity index (χ3n) is 2.39. The SMILES string of the molecule is CCCCC(NCO)c1ccccc1. The lowest BCUT2D eigenvalue weighted by Crippen LogP contribution is -2.22. The first-order valence-electron chi connectivity index (χ1n) is 5.27. The van der Waals surface area contributed by atoms with E-state index in [-0.39, 0.29) is 6.73 Å². The fourth-order valence-electron chi connectivity index (χ4n) is 1.59. The van der Waals surface area contributed by atoms with Crippen molar-refractivity contribution in [3.05, 3.63) is 35.9 Å². The van der Waals surface area contributed by atoms with Gasteiger partial charge in [0.25, 0.3) is 0 Å². The maximum Gasteiger partial charge on any atom is 0.0936 e. The van der Waals surface area contributed by atoms with Crippen molar-refractivity contribution in [2.24, 2.45) is 0 Å². The molecule has 2 nitrogen and oxygen atoms in total. The molecule has 0 bridgehead atoms. The normalized spacial score (nSPS) is 12.7. The van der Waals surface area contributed by atoms with Gasteiger partial charge >= 0.3 is 0 Å². The summed E-state index contributed by atoms with van der Waals surface area (Å²) in [7, 11) is 0. The quantitative estimate of drug-likeness (QED) is 0.680. The van der Waals surface area contributed by atoms with Crippen molar-refractivity contribution in [3.63, 3.8) is 0 Å². The molecule has 1 unspecified atom stereocenters. The Balaban J connectivity index is 2.58. The number of hydrogen-bond donors (Lipinski definition) is 2. The minimum Gasteiger partial charge on any atom is -0.381 e. The van der Waals surface area contributed by atoms with Gasteiger partial charge in [0, 0.05) is 6.04 Å². The van der Waals surface area contributed by atoms with E-state index in [9.17, 15) is 0 Å². The number of hydrogen-bond acceptors (Lipinski definition) is 2. The molecule has 78 valence electrons. The molecule has 1 rings (SSSR count). The number of aliphatic hydroxyl groups excluding tert-OH is 1. The van der Waals surface area contributed by atoms with E-state index in [1.807, 2.05) is 18.2 Å². The Morgan fingerprint density at radius 3 is 2.57 bits per heavy atom. The Bertz CT molecular complexity index is 235. The summed E-state index contributed by atoms with van der Waals surface area (Å²) >= 11 is 0. The van der Waals surface area contributed by atoms with Crippen LogP contribution in [0.1, 0.15) is 37.8 Å². The predicted octanol–water partition coefficient (Wildman–Crippen LogP) is 2.46. The Kier molecular flexibility index (Phi) is 5.27. The van der Waals surface area contributed by atoms with Crippen molar-refractivity contribution in [3.8, 4) is 0 Å². The summed E-state index contributed by atoms with van der Waals surface area (Å²) in [6, 6.07) is 10.6. The van der Waals surface area contributed by atoms with Crippen LogP contribution >= 0.6 is 0 Å². The molecule has 0 heterocycles. The summed E-state index contributed by atoms with van der Waals surface area (Å²) in [5.74, 6) is 0. The summed E-state index contributed by atoms with van der Waals surface area (Å²) < 4.78 is 0. The van der Waals surface area contributed by atoms with Crippen LogP contribution in [0.5, 0.6) is 0 Å². The summed E-state index contributed by atoms with van der Waals surface area (Å²) in [5.41, 5.74) is 1.26. The zero-order chi connectivity index (χ0) is 10.2. The average Bonchev–Trinajstić information content (AvgIpc) is 2.25. The van der Waals surface area contributed by atoms with Gasteiger partial charge in [0.05, 0.1) is 6.73 Å². The van der Waals surface area contributed by atoms with Gasteiger partial charge in [-0.15, -0.1) is 0 Å². The third-order valence-corrected chi connectivity index (χ3v) is 2.39. The van der Waals surface area contributed by atoms with Gasteiger partial charge in [-0.2, -0.15) is 0 Å². The van der Waals surface area contributed by atoms with Crippen LogP contribution in [0.4, 0.5) is 0 Å². The van der Waals surface area contributed by atoms with Crippen LogP contribution in [-0.4, -0.2) is 11.8 Å². The Hall–Kier alpha value is -0.860. The van der Waals surface area contributed by atoms with Crippen LogP contribution in [0, 0.1) is 0 Å². The third kappa shape index (κ3) is 3.48. The van der Waals surface area contributed by atoms with E-state index >= 15 is 0 Å². The first-order chi connectivity index (χ1) is 6.88. The molecular weight excluding hydrogens is 174 g/mol. The number of rotatable bonds is 6. The van der Waals surface area contributed by atoms with Crippen molar-refractivity contribution in [1.29, 1.82) is 0 Å². The fraction of sp³-hybridized carbons (Fsp3) is 0.500. The van der Waals surface area contributed by atoms with E-state index in [0.717, 1.165) is 6.42 Å². The van der Waals surface area contributed by atoms with Gasteiger partial charge in [0.1, 0.15) is 0 Å². The van der Waals surface area contributed by atoms with Crippen molar-refractivity contribution in [2.75, 3.05) is 6.73 Å². The topological polar surface area (TPSA) is 32.3 Å². The van der Waals surface area contributed by atoms with Crippen LogP contribution in [0.15, 0.2) is 30.3 Å². The second kappa shape index (κ2) is 6.57. The predicted molar refractivity (Wildman–Crippen MR) is 58.9 cm³/mol. The van der Waals surface area contributed by atoms with Crippen molar-refractivity contribution >= 4 is 0 Å². The second-order valence-electron chi connectivity index (χ2n) is 3.47. The van der Waals surface area contributed by atoms with E-state index in [1.54, 1.807) is 0 Å². The molecule has 0 fully saturated rings. The molecule has 14 heavy (non-hydrogen) atoms. The number of benzene rings is 1. The van der Waals surface area contributed by atoms with E-state index < -0.39 is 0 Å². The molecule has 0 saturated heterocycles. The molecule has 0 saturated carbocycles. The summed E-state index contributed by atoms with van der Waals surface area (Å²) in [4.78, 5) is 0. The molecule has 0 aromatic heterocycles. The zero-order valence-corrected chi connectivity index (χ0v) is 8.74. The Morgan fingerprint density at radius 2 is 2.00 bits per heavy atom. The largest absolute Gasteiger partial charge is 0.381 e. The highest BCUT2D eigenvalue weighted by molar-refractivity contribution is 5.18. The van der Waals surface area contributed by atoms with Crippen LogP contribution in [0.2, 0.25) is 0 Å². The maximum atomic E-state index is 8.89. The minimum absolute atomic E-state index is 0.0449. The first kappa shape index (κ1) is 11.2. The van der Waals surface area contributed by atoms with Gasteiger partial charge in [0.2, 0.25) is 0 Å². The summed E-state index contributed by atoms with van der Waals surface area (Å²) in [5, 5.41) is 12.0. The van der Waals surface area contributed by atoms with E-state index in [2.05, 4.69) is 24.4 Å². The van der Waals surface area contributed by atoms with Gasteiger partial charge < -0.3 is 5.11 Å². The highest BCUT2D eigenvalue weighted by atomic mass is 16.3. The first-order valence-corrected chi connectivity index (χ1v) is 5.27. The smallest absolute Gasteiger partial charge is 0.0936 e. The average molecular weight is 193 g/mol. The maximum absolute atomic E-state index is 8.89. The van der Waals surface area contributed by atoms with Crippen molar-refractivity contribution in [2.45, 2.75) is 32.2 Å². The lowest BCUT2D eigenvalue weighted by molar-refractivity contribution is 0.236. The molecule has 0 aliphatic carbocycles. The van der Waals surface area contributed by atoms with Crippen molar-refractivity contribution in [1.82, 2.24) is 5.32 Å². The number of aliphatic hydroxyl groups is 1. The Labute approximate surface area is 86.0 Å². The number of nitrogens with one attached hydrogen (secondary N) is 1. The monoisotopic (exact) mass is 193 g/mol. The molecule has 0 radical (unpaired) electrons. The highest BCUT2D eigenvalue weighted by Gasteiger charge is 2.08. The second-order valence-corrected chi connectivity index (χ2v) is 3.47. The van der Waals surface area contributed by atoms with Gasteiger partial charge in [0.15, 0.2) is 0 Å². The van der Waals surface area contributed by atoms with Crippen molar-refractivity contribution < 1.29 is 5.11 Å². The molecule has 0 spiro atoms. The van der Waals surface area contributed by atoms with E-state index in [4.69, 9.17) is 5.11 Å². The molecule has 1 aromatic carbocycles. The summed E-state index contributed by atoms with van der Waals surface area (Å²) in [6.45, 7) is 2.23. The molecule has 2 N–H and O–H groups in total. The molecule has 0 aliphatic rings. The van der Waals surface area contributed by atoms with Gasteiger partial charge in [-0.3, -0.25) is 5.32 Å². The molecule has 2 heteroatoms. The molecule has 1 atom stereocenters. The lowest BCUT2D eigenvalue weighted by atomic mass is 10.0. The molecule has 0 aliphatic heterocycles. The summed E-state index contributed by atoms with van der Waals surface area (Å²) in [6.07, 6.45) is 3.46. The highest BCUT2D eigenvalue weighted by Crippen LogP contribution is 2.18. The van der Waals surface area contributed by atoms with Crippen LogP contribution in [-0.2, 0) is 0 Å². The zero-order valence-electron chi connectivity index (χ0n) is 8.74. The van der Waals surface area contributed by atoms with E-state index in [0.29, 0.717) is 6.04 Å². The van der Waals surface area contributed by atoms with Crippen LogP contribution in [0.25, 0.3) is 0 Å². The Morgan fingerprint density at radius 1 is 1.29 bits per heavy atom. The standard InChI is InChI=1S/C12H19NO/c1-2-3-9-12(13-10-14)11-7-5-4-6-8-11/h4-8,12-14H,2-3,9-10H2,1H3. The minimum atomic E-state index is 0.0449.